The molecule has 0 radical (unpaired) electrons. The largest absolute Gasteiger partial charge is 0.369 e. The van der Waals surface area contributed by atoms with E-state index in [0.29, 0.717) is 42.8 Å². The van der Waals surface area contributed by atoms with Crippen molar-refractivity contribution < 1.29 is 18.6 Å². The first-order valence-electron chi connectivity index (χ1n) is 11.3. The number of aryl methyl sites for hydroxylation is 3. The minimum Gasteiger partial charge on any atom is -0.369 e. The fraction of sp³-hybridized carbons (Fsp3) is 0.321. The monoisotopic (exact) mass is 445 g/mol. The summed E-state index contributed by atoms with van der Waals surface area (Å²) in [5.74, 6) is -0.155. The van der Waals surface area contributed by atoms with Gasteiger partial charge < -0.3 is 14.2 Å². The van der Waals surface area contributed by atoms with Crippen LogP contribution in [0.25, 0.3) is 10.8 Å². The fourth-order valence-corrected chi connectivity index (χ4v) is 4.04. The molecule has 0 aliphatic carbocycles. The summed E-state index contributed by atoms with van der Waals surface area (Å²) >= 11 is 0. The van der Waals surface area contributed by atoms with Crippen molar-refractivity contribution >= 4 is 10.8 Å². The van der Waals surface area contributed by atoms with Crippen LogP contribution in [0, 0.1) is 17.1 Å². The first-order valence-corrected chi connectivity index (χ1v) is 11.3. The van der Waals surface area contributed by atoms with Crippen LogP contribution in [0.5, 0.6) is 0 Å². The summed E-state index contributed by atoms with van der Waals surface area (Å²) in [6.07, 6.45) is 4.30. The zero-order chi connectivity index (χ0) is 23.0. The minimum absolute atomic E-state index is 0.0472. The number of hydrogen-bond acceptors (Lipinski definition) is 4. The average molecular weight is 446 g/mol. The van der Waals surface area contributed by atoms with Crippen molar-refractivity contribution in [3.63, 3.8) is 0 Å². The van der Waals surface area contributed by atoms with Gasteiger partial charge in [-0.2, -0.15) is 5.26 Å². The molecule has 33 heavy (non-hydrogen) atoms. The van der Waals surface area contributed by atoms with Gasteiger partial charge in [0, 0.05) is 11.8 Å². The lowest BCUT2D eigenvalue weighted by Gasteiger charge is -2.29. The summed E-state index contributed by atoms with van der Waals surface area (Å²) in [5.41, 5.74) is 3.56. The van der Waals surface area contributed by atoms with Gasteiger partial charge in [0.1, 0.15) is 11.9 Å². The van der Waals surface area contributed by atoms with Gasteiger partial charge in [-0.25, -0.2) is 4.39 Å². The molecule has 0 unspecified atom stereocenters. The molecule has 0 spiro atoms. The third kappa shape index (κ3) is 6.06. The summed E-state index contributed by atoms with van der Waals surface area (Å²) in [6.45, 7) is 5.18. The van der Waals surface area contributed by atoms with Crippen molar-refractivity contribution in [3.8, 4) is 6.07 Å². The van der Waals surface area contributed by atoms with Crippen LogP contribution in [0.4, 0.5) is 4.39 Å². The highest BCUT2D eigenvalue weighted by molar-refractivity contribution is 5.84. The average Bonchev–Trinajstić information content (AvgIpc) is 2.86. The molecule has 4 nitrogen and oxygen atoms in total. The number of rotatable bonds is 9. The van der Waals surface area contributed by atoms with Gasteiger partial charge in [-0.3, -0.25) is 0 Å². The lowest BCUT2D eigenvalue weighted by molar-refractivity contribution is -0.225. The molecule has 0 saturated carbocycles. The minimum atomic E-state index is -0.245. The maximum absolute atomic E-state index is 15.1. The van der Waals surface area contributed by atoms with Crippen molar-refractivity contribution in [2.45, 2.75) is 38.1 Å². The first-order chi connectivity index (χ1) is 16.2. The molecule has 4 rings (SSSR count). The molecule has 0 aromatic heterocycles. The number of benzene rings is 3. The number of nitriles is 1. The Morgan fingerprint density at radius 3 is 2.48 bits per heavy atom. The molecular weight excluding hydrogens is 417 g/mol. The number of halogens is 1. The van der Waals surface area contributed by atoms with Gasteiger partial charge in [-0.05, 0) is 53.5 Å². The molecule has 170 valence electrons. The Morgan fingerprint density at radius 1 is 1.00 bits per heavy atom. The summed E-state index contributed by atoms with van der Waals surface area (Å²) in [5, 5.41) is 10.4. The fourth-order valence-electron chi connectivity index (χ4n) is 4.04. The van der Waals surface area contributed by atoms with Gasteiger partial charge in [0.2, 0.25) is 0 Å². The highest BCUT2D eigenvalue weighted by Crippen LogP contribution is 2.25. The van der Waals surface area contributed by atoms with Crippen molar-refractivity contribution in [2.75, 3.05) is 19.8 Å². The normalized spacial score (nSPS) is 18.2. The lowest BCUT2D eigenvalue weighted by Crippen LogP contribution is -2.37. The van der Waals surface area contributed by atoms with Crippen LogP contribution in [-0.4, -0.2) is 32.2 Å². The molecule has 0 amide bonds. The Hall–Kier alpha value is -3.04. The summed E-state index contributed by atoms with van der Waals surface area (Å²) in [6, 6.07) is 19.3. The molecule has 1 aliphatic rings. The van der Waals surface area contributed by atoms with Crippen LogP contribution >= 0.6 is 0 Å². The topological polar surface area (TPSA) is 51.5 Å². The van der Waals surface area contributed by atoms with Crippen LogP contribution in [0.2, 0.25) is 0 Å². The van der Waals surface area contributed by atoms with Crippen LogP contribution in [0.3, 0.4) is 0 Å². The van der Waals surface area contributed by atoms with Crippen molar-refractivity contribution in [1.29, 1.82) is 5.26 Å². The van der Waals surface area contributed by atoms with Crippen LogP contribution in [0.1, 0.15) is 28.7 Å². The molecule has 3 aromatic carbocycles. The van der Waals surface area contributed by atoms with Crippen molar-refractivity contribution in [3.05, 3.63) is 95.3 Å². The number of hydrogen-bond donors (Lipinski definition) is 0. The molecule has 1 saturated heterocycles. The lowest BCUT2D eigenvalue weighted by atomic mass is 9.98. The van der Waals surface area contributed by atoms with E-state index in [4.69, 9.17) is 19.5 Å². The first kappa shape index (κ1) is 23.1. The van der Waals surface area contributed by atoms with Gasteiger partial charge >= 0.3 is 0 Å². The molecule has 0 atom stereocenters. The quantitative estimate of drug-likeness (QED) is 0.408. The van der Waals surface area contributed by atoms with E-state index in [2.05, 4.69) is 12.6 Å². The Bertz CT molecular complexity index is 1130. The van der Waals surface area contributed by atoms with E-state index in [1.807, 2.05) is 42.5 Å². The predicted octanol–water partition coefficient (Wildman–Crippen LogP) is 5.51. The van der Waals surface area contributed by atoms with E-state index in [1.54, 1.807) is 18.2 Å². The summed E-state index contributed by atoms with van der Waals surface area (Å²) in [4.78, 5) is 0. The van der Waals surface area contributed by atoms with Gasteiger partial charge in [-0.15, -0.1) is 6.58 Å². The number of nitrogens with zero attached hydrogens (tertiary/aromatic N) is 1. The molecular formula is C28H28FNO3. The molecule has 0 N–H and O–H groups in total. The van der Waals surface area contributed by atoms with E-state index in [-0.39, 0.29) is 18.2 Å². The Balaban J connectivity index is 1.33. The second-order valence-electron chi connectivity index (χ2n) is 8.28. The van der Waals surface area contributed by atoms with E-state index in [0.717, 1.165) is 35.8 Å². The highest BCUT2D eigenvalue weighted by Gasteiger charge is 2.22. The third-order valence-corrected chi connectivity index (χ3v) is 5.92. The van der Waals surface area contributed by atoms with E-state index >= 15 is 4.39 Å². The maximum Gasteiger partial charge on any atom is 0.158 e. The standard InChI is InChI=1S/C28H28FNO3/c1-2-15-31-25-18-32-27(33-19-25)14-9-21-8-13-26-24(16-21)12-11-23(28(26)29)10-7-20-3-5-22(17-30)6-4-20/h2-6,8,11-13,16,25,27H,1,7,9-10,14-15,18-19H2. The second-order valence-corrected chi connectivity index (χ2v) is 8.28. The van der Waals surface area contributed by atoms with Gasteiger partial charge in [-0.1, -0.05) is 48.5 Å². The van der Waals surface area contributed by atoms with Crippen LogP contribution in [0.15, 0.2) is 67.3 Å². The van der Waals surface area contributed by atoms with Crippen LogP contribution in [-0.2, 0) is 33.5 Å². The summed E-state index contributed by atoms with van der Waals surface area (Å²) in [7, 11) is 0. The van der Waals surface area contributed by atoms with Crippen molar-refractivity contribution in [2.24, 2.45) is 0 Å². The maximum atomic E-state index is 15.1. The van der Waals surface area contributed by atoms with Crippen molar-refractivity contribution in [1.82, 2.24) is 0 Å². The number of ether oxygens (including phenoxy) is 3. The van der Waals surface area contributed by atoms with E-state index in [1.165, 1.54) is 0 Å². The summed E-state index contributed by atoms with van der Waals surface area (Å²) < 4.78 is 32.2. The molecule has 1 fully saturated rings. The zero-order valence-corrected chi connectivity index (χ0v) is 18.6. The Labute approximate surface area is 194 Å². The van der Waals surface area contributed by atoms with Gasteiger partial charge in [0.15, 0.2) is 6.29 Å². The second kappa shape index (κ2) is 11.2. The Kier molecular flexibility index (Phi) is 7.85. The SMILES string of the molecule is C=CCOC1COC(CCc2ccc3c(F)c(CCc4ccc(C#N)cc4)ccc3c2)OC1. The smallest absolute Gasteiger partial charge is 0.158 e. The van der Waals surface area contributed by atoms with E-state index < -0.39 is 0 Å². The molecule has 1 aliphatic heterocycles. The molecule has 0 bridgehead atoms. The van der Waals surface area contributed by atoms with Gasteiger partial charge in [0.25, 0.3) is 0 Å². The highest BCUT2D eigenvalue weighted by atomic mass is 19.1. The Morgan fingerprint density at radius 2 is 1.76 bits per heavy atom. The zero-order valence-electron chi connectivity index (χ0n) is 18.6. The predicted molar refractivity (Wildman–Crippen MR) is 126 cm³/mol. The molecule has 3 aromatic rings. The van der Waals surface area contributed by atoms with E-state index in [9.17, 15) is 0 Å². The molecule has 1 heterocycles. The van der Waals surface area contributed by atoms with Gasteiger partial charge in [0.05, 0.1) is 31.5 Å². The number of fused-ring (bicyclic) bond motifs is 1. The third-order valence-electron chi connectivity index (χ3n) is 5.92. The molecule has 5 heteroatoms. The van der Waals surface area contributed by atoms with Crippen LogP contribution < -0.4 is 0 Å².